The number of non-ortho nitro benzene ring substituents is 1. The second-order valence-electron chi connectivity index (χ2n) is 5.44. The number of benzene rings is 2. The van der Waals surface area contributed by atoms with Gasteiger partial charge in [0, 0.05) is 28.9 Å². The summed E-state index contributed by atoms with van der Waals surface area (Å²) in [6, 6.07) is 9.75. The number of amides is 1. The van der Waals surface area contributed by atoms with Crippen LogP contribution in [-0.4, -0.2) is 10.8 Å². The molecule has 0 heterocycles. The molecule has 1 N–H and O–H groups in total. The SMILES string of the molecule is CCc1ccc(Cl)c(CC)c1NC(=O)/C=C/c1ccc([N+](=O)[O-])cc1. The Bertz CT molecular complexity index is 814. The number of carbonyl (C=O) groups excluding carboxylic acids is 1. The van der Waals surface area contributed by atoms with E-state index in [-0.39, 0.29) is 11.6 Å². The van der Waals surface area contributed by atoms with Crippen molar-refractivity contribution >= 4 is 35.0 Å². The largest absolute Gasteiger partial charge is 0.322 e. The van der Waals surface area contributed by atoms with Crippen LogP contribution in [0.15, 0.2) is 42.5 Å². The number of anilines is 1. The van der Waals surface area contributed by atoms with Crippen molar-refractivity contribution in [2.45, 2.75) is 26.7 Å². The Morgan fingerprint density at radius 2 is 1.84 bits per heavy atom. The van der Waals surface area contributed by atoms with E-state index in [4.69, 9.17) is 11.6 Å². The van der Waals surface area contributed by atoms with E-state index in [1.54, 1.807) is 18.2 Å². The Hall–Kier alpha value is -2.66. The third-order valence-electron chi connectivity index (χ3n) is 3.86. The van der Waals surface area contributed by atoms with Crippen molar-refractivity contribution < 1.29 is 9.72 Å². The molecule has 6 heteroatoms. The Kier molecular flexibility index (Phi) is 6.31. The van der Waals surface area contributed by atoms with Gasteiger partial charge in [0.05, 0.1) is 4.92 Å². The maximum absolute atomic E-state index is 12.3. The number of rotatable bonds is 6. The van der Waals surface area contributed by atoms with Gasteiger partial charge in [0.1, 0.15) is 0 Å². The first-order chi connectivity index (χ1) is 12.0. The molecule has 2 aromatic carbocycles. The maximum Gasteiger partial charge on any atom is 0.269 e. The number of aryl methyl sites for hydroxylation is 1. The number of hydrogen-bond donors (Lipinski definition) is 1. The summed E-state index contributed by atoms with van der Waals surface area (Å²) in [4.78, 5) is 22.4. The summed E-state index contributed by atoms with van der Waals surface area (Å²) in [5.41, 5.74) is 3.42. The summed E-state index contributed by atoms with van der Waals surface area (Å²) in [6.45, 7) is 4.01. The number of nitrogens with one attached hydrogen (secondary N) is 1. The Labute approximate surface area is 151 Å². The summed E-state index contributed by atoms with van der Waals surface area (Å²) in [5, 5.41) is 14.2. The maximum atomic E-state index is 12.3. The van der Waals surface area contributed by atoms with Crippen molar-refractivity contribution in [2.24, 2.45) is 0 Å². The highest BCUT2D eigenvalue weighted by Crippen LogP contribution is 2.29. The molecule has 0 saturated heterocycles. The molecule has 25 heavy (non-hydrogen) atoms. The Morgan fingerprint density at radius 3 is 2.40 bits per heavy atom. The molecular weight excluding hydrogens is 340 g/mol. The first-order valence-corrected chi connectivity index (χ1v) is 8.37. The van der Waals surface area contributed by atoms with Crippen LogP contribution in [0.4, 0.5) is 11.4 Å². The lowest BCUT2D eigenvalue weighted by Crippen LogP contribution is -2.12. The monoisotopic (exact) mass is 358 g/mol. The zero-order valence-corrected chi connectivity index (χ0v) is 14.8. The van der Waals surface area contributed by atoms with Crippen LogP contribution in [-0.2, 0) is 17.6 Å². The first kappa shape index (κ1) is 18.7. The fraction of sp³-hybridized carbons (Fsp3) is 0.211. The lowest BCUT2D eigenvalue weighted by molar-refractivity contribution is -0.384. The van der Waals surface area contributed by atoms with E-state index in [1.165, 1.54) is 18.2 Å². The van der Waals surface area contributed by atoms with Crippen molar-refractivity contribution in [3.05, 3.63) is 74.3 Å². The minimum atomic E-state index is -0.460. The van der Waals surface area contributed by atoms with E-state index < -0.39 is 4.92 Å². The van der Waals surface area contributed by atoms with E-state index in [1.807, 2.05) is 26.0 Å². The van der Waals surface area contributed by atoms with E-state index in [9.17, 15) is 14.9 Å². The number of carbonyl (C=O) groups is 1. The second-order valence-corrected chi connectivity index (χ2v) is 5.85. The van der Waals surface area contributed by atoms with E-state index >= 15 is 0 Å². The molecule has 0 aliphatic heterocycles. The van der Waals surface area contributed by atoms with Crippen molar-refractivity contribution in [1.29, 1.82) is 0 Å². The molecule has 0 spiro atoms. The quantitative estimate of drug-likeness (QED) is 0.447. The molecule has 2 rings (SSSR count). The van der Waals surface area contributed by atoms with Gasteiger partial charge in [-0.05, 0) is 53.8 Å². The van der Waals surface area contributed by atoms with Crippen LogP contribution in [0.2, 0.25) is 5.02 Å². The van der Waals surface area contributed by atoms with Crippen molar-refractivity contribution in [1.82, 2.24) is 0 Å². The number of hydrogen-bond acceptors (Lipinski definition) is 3. The van der Waals surface area contributed by atoms with Crippen LogP contribution in [0.1, 0.15) is 30.5 Å². The molecule has 5 nitrogen and oxygen atoms in total. The average Bonchev–Trinajstić information content (AvgIpc) is 2.61. The third kappa shape index (κ3) is 4.67. The molecule has 1 amide bonds. The van der Waals surface area contributed by atoms with Crippen LogP contribution in [0, 0.1) is 10.1 Å². The van der Waals surface area contributed by atoms with Gasteiger partial charge in [0.25, 0.3) is 5.69 Å². The van der Waals surface area contributed by atoms with Gasteiger partial charge in [0.2, 0.25) is 5.91 Å². The number of nitrogens with zero attached hydrogens (tertiary/aromatic N) is 1. The van der Waals surface area contributed by atoms with Gasteiger partial charge in [0.15, 0.2) is 0 Å². The molecule has 0 aromatic heterocycles. The van der Waals surface area contributed by atoms with Crippen LogP contribution in [0.5, 0.6) is 0 Å². The Morgan fingerprint density at radius 1 is 1.16 bits per heavy atom. The van der Waals surface area contributed by atoms with Gasteiger partial charge in [-0.3, -0.25) is 14.9 Å². The average molecular weight is 359 g/mol. The highest BCUT2D eigenvalue weighted by atomic mass is 35.5. The normalized spacial score (nSPS) is 10.8. The zero-order valence-electron chi connectivity index (χ0n) is 14.1. The lowest BCUT2D eigenvalue weighted by Gasteiger charge is -2.15. The molecule has 0 aliphatic carbocycles. The minimum absolute atomic E-state index is 0.0145. The highest BCUT2D eigenvalue weighted by molar-refractivity contribution is 6.32. The molecule has 0 radical (unpaired) electrons. The number of nitro groups is 1. The summed E-state index contributed by atoms with van der Waals surface area (Å²) < 4.78 is 0. The van der Waals surface area contributed by atoms with Gasteiger partial charge in [-0.1, -0.05) is 31.5 Å². The Balaban J connectivity index is 2.17. The molecule has 2 aromatic rings. The predicted octanol–water partition coefficient (Wildman–Crippen LogP) is 5.02. The van der Waals surface area contributed by atoms with Crippen LogP contribution >= 0.6 is 11.6 Å². The van der Waals surface area contributed by atoms with E-state index in [2.05, 4.69) is 5.32 Å². The zero-order chi connectivity index (χ0) is 18.4. The fourth-order valence-electron chi connectivity index (χ4n) is 2.51. The molecule has 0 atom stereocenters. The predicted molar refractivity (Wildman–Crippen MR) is 101 cm³/mol. The van der Waals surface area contributed by atoms with Crippen molar-refractivity contribution in [3.8, 4) is 0 Å². The number of nitro benzene ring substituents is 1. The van der Waals surface area contributed by atoms with Gasteiger partial charge < -0.3 is 5.32 Å². The third-order valence-corrected chi connectivity index (χ3v) is 4.21. The first-order valence-electron chi connectivity index (χ1n) is 8.00. The summed E-state index contributed by atoms with van der Waals surface area (Å²) in [7, 11) is 0. The molecule has 0 saturated carbocycles. The molecular formula is C19H19ClN2O3. The number of halogens is 1. The molecule has 130 valence electrons. The summed E-state index contributed by atoms with van der Waals surface area (Å²) >= 11 is 6.23. The van der Waals surface area contributed by atoms with E-state index in [0.717, 1.165) is 23.2 Å². The standard InChI is InChI=1S/C19H19ClN2O3/c1-3-14-8-11-17(20)16(4-2)19(14)21-18(23)12-7-13-5-9-15(10-6-13)22(24)25/h5-12H,3-4H2,1-2H3,(H,21,23)/b12-7+. The fourth-order valence-corrected chi connectivity index (χ4v) is 2.80. The molecule has 0 fully saturated rings. The topological polar surface area (TPSA) is 72.2 Å². The highest BCUT2D eigenvalue weighted by Gasteiger charge is 2.12. The van der Waals surface area contributed by atoms with Gasteiger partial charge in [-0.2, -0.15) is 0 Å². The molecule has 0 unspecified atom stereocenters. The smallest absolute Gasteiger partial charge is 0.269 e. The van der Waals surface area contributed by atoms with Crippen LogP contribution in [0.25, 0.3) is 6.08 Å². The molecule has 0 bridgehead atoms. The summed E-state index contributed by atoms with van der Waals surface area (Å²) in [6.07, 6.45) is 4.52. The van der Waals surface area contributed by atoms with Crippen molar-refractivity contribution in [3.63, 3.8) is 0 Å². The lowest BCUT2D eigenvalue weighted by atomic mass is 10.0. The minimum Gasteiger partial charge on any atom is -0.322 e. The van der Waals surface area contributed by atoms with Crippen LogP contribution in [0.3, 0.4) is 0 Å². The molecule has 0 aliphatic rings. The van der Waals surface area contributed by atoms with Crippen molar-refractivity contribution in [2.75, 3.05) is 5.32 Å². The van der Waals surface area contributed by atoms with Crippen LogP contribution < -0.4 is 5.32 Å². The van der Waals surface area contributed by atoms with E-state index in [0.29, 0.717) is 17.0 Å². The second kappa shape index (κ2) is 8.44. The van der Waals surface area contributed by atoms with Gasteiger partial charge >= 0.3 is 0 Å². The summed E-state index contributed by atoms with van der Waals surface area (Å²) in [5.74, 6) is -0.273. The van der Waals surface area contributed by atoms with Gasteiger partial charge in [-0.25, -0.2) is 0 Å². The van der Waals surface area contributed by atoms with Gasteiger partial charge in [-0.15, -0.1) is 0 Å².